The van der Waals surface area contributed by atoms with Crippen molar-refractivity contribution in [3.63, 3.8) is 0 Å². The van der Waals surface area contributed by atoms with Crippen LogP contribution in [-0.2, 0) is 9.59 Å². The van der Waals surface area contributed by atoms with Gasteiger partial charge in [0, 0.05) is 18.3 Å². The lowest BCUT2D eigenvalue weighted by atomic mass is 9.73. The van der Waals surface area contributed by atoms with Gasteiger partial charge in [0.1, 0.15) is 12.1 Å². The van der Waals surface area contributed by atoms with Gasteiger partial charge in [0.15, 0.2) is 11.6 Å². The van der Waals surface area contributed by atoms with Gasteiger partial charge >= 0.3 is 6.03 Å². The van der Waals surface area contributed by atoms with E-state index in [9.17, 15) is 23.2 Å². The van der Waals surface area contributed by atoms with Gasteiger partial charge in [0.25, 0.3) is 5.91 Å². The first-order valence-electron chi connectivity index (χ1n) is 9.19. The number of imide groups is 1. The van der Waals surface area contributed by atoms with Crippen LogP contribution in [0.3, 0.4) is 0 Å². The van der Waals surface area contributed by atoms with E-state index in [1.807, 2.05) is 6.92 Å². The molecule has 0 bridgehead atoms. The maximum Gasteiger partial charge on any atom is 0.325 e. The fourth-order valence-corrected chi connectivity index (χ4v) is 4.02. The highest BCUT2D eigenvalue weighted by molar-refractivity contribution is 6.10. The van der Waals surface area contributed by atoms with Gasteiger partial charge in [-0.2, -0.15) is 0 Å². The molecule has 6 nitrogen and oxygen atoms in total. The Balaban J connectivity index is 1.79. The summed E-state index contributed by atoms with van der Waals surface area (Å²) in [6, 6.07) is 2.57. The molecule has 0 aromatic heterocycles. The van der Waals surface area contributed by atoms with E-state index in [4.69, 9.17) is 0 Å². The van der Waals surface area contributed by atoms with E-state index in [-0.39, 0.29) is 24.1 Å². The Morgan fingerprint density at radius 1 is 1.30 bits per heavy atom. The minimum atomic E-state index is -1.07. The predicted octanol–water partition coefficient (Wildman–Crippen LogP) is 2.82. The third-order valence-corrected chi connectivity index (χ3v) is 5.63. The van der Waals surface area contributed by atoms with Crippen LogP contribution in [0.15, 0.2) is 18.2 Å². The fourth-order valence-electron chi connectivity index (χ4n) is 4.02. The second-order valence-corrected chi connectivity index (χ2v) is 7.18. The van der Waals surface area contributed by atoms with Crippen LogP contribution in [0.1, 0.15) is 39.5 Å². The standard InChI is InChI=1S/C19H23F2N3O3/c1-3-23(13-7-8-14(20)15(21)10-13)16(25)11-24-17(26)19(22-18(24)27)9-5-4-6-12(19)2/h7-8,10,12H,3-6,9,11H2,1-2H3,(H,22,27). The Kier molecular flexibility index (Phi) is 5.17. The highest BCUT2D eigenvalue weighted by atomic mass is 19.2. The second-order valence-electron chi connectivity index (χ2n) is 7.18. The van der Waals surface area contributed by atoms with E-state index in [1.165, 1.54) is 11.0 Å². The van der Waals surface area contributed by atoms with Gasteiger partial charge in [0.2, 0.25) is 5.91 Å². The van der Waals surface area contributed by atoms with Gasteiger partial charge in [-0.1, -0.05) is 19.8 Å². The first-order valence-corrected chi connectivity index (χ1v) is 9.19. The second kappa shape index (κ2) is 7.25. The number of carbonyl (C=O) groups is 3. The van der Waals surface area contributed by atoms with Crippen molar-refractivity contribution < 1.29 is 23.2 Å². The van der Waals surface area contributed by atoms with Crippen molar-refractivity contribution >= 4 is 23.5 Å². The van der Waals surface area contributed by atoms with E-state index in [0.717, 1.165) is 36.3 Å². The minimum absolute atomic E-state index is 0.00345. The smallest absolute Gasteiger partial charge is 0.323 e. The number of carbonyl (C=O) groups excluding carboxylic acids is 3. The molecule has 1 saturated carbocycles. The number of hydrogen-bond acceptors (Lipinski definition) is 3. The van der Waals surface area contributed by atoms with Gasteiger partial charge in [-0.05, 0) is 37.8 Å². The van der Waals surface area contributed by atoms with E-state index in [1.54, 1.807) is 6.92 Å². The first kappa shape index (κ1) is 19.3. The highest BCUT2D eigenvalue weighted by Crippen LogP contribution is 2.38. The molecule has 1 aliphatic carbocycles. The molecule has 1 heterocycles. The number of amides is 4. The molecular weight excluding hydrogens is 356 g/mol. The molecule has 1 aromatic carbocycles. The van der Waals surface area contributed by atoms with Crippen molar-refractivity contribution in [3.8, 4) is 0 Å². The van der Waals surface area contributed by atoms with Crippen LogP contribution in [0.5, 0.6) is 0 Å². The van der Waals surface area contributed by atoms with Crippen molar-refractivity contribution in [1.29, 1.82) is 0 Å². The molecule has 1 saturated heterocycles. The maximum absolute atomic E-state index is 13.5. The maximum atomic E-state index is 13.5. The van der Waals surface area contributed by atoms with Crippen molar-refractivity contribution in [2.24, 2.45) is 5.92 Å². The number of anilines is 1. The monoisotopic (exact) mass is 379 g/mol. The Bertz CT molecular complexity index is 785. The van der Waals surface area contributed by atoms with Crippen molar-refractivity contribution in [2.45, 2.75) is 45.1 Å². The summed E-state index contributed by atoms with van der Waals surface area (Å²) in [5, 5.41) is 2.79. The number of nitrogens with one attached hydrogen (secondary N) is 1. The number of hydrogen-bond donors (Lipinski definition) is 1. The topological polar surface area (TPSA) is 69.7 Å². The summed E-state index contributed by atoms with van der Waals surface area (Å²) in [5.41, 5.74) is -0.761. The van der Waals surface area contributed by atoms with Crippen molar-refractivity contribution in [3.05, 3.63) is 29.8 Å². The third-order valence-electron chi connectivity index (χ3n) is 5.63. The van der Waals surface area contributed by atoms with Crippen LogP contribution in [0.2, 0.25) is 0 Å². The Labute approximate surface area is 156 Å². The van der Waals surface area contributed by atoms with Crippen LogP contribution >= 0.6 is 0 Å². The SMILES string of the molecule is CCN(C(=O)CN1C(=O)NC2(CCCCC2C)C1=O)c1ccc(F)c(F)c1. The zero-order chi connectivity index (χ0) is 19.8. The van der Waals surface area contributed by atoms with Gasteiger partial charge < -0.3 is 10.2 Å². The molecule has 2 aliphatic rings. The molecule has 2 unspecified atom stereocenters. The van der Waals surface area contributed by atoms with Gasteiger partial charge in [-0.3, -0.25) is 14.5 Å². The van der Waals surface area contributed by atoms with E-state index >= 15 is 0 Å². The molecule has 2 fully saturated rings. The molecule has 3 rings (SSSR count). The zero-order valence-corrected chi connectivity index (χ0v) is 15.4. The number of benzene rings is 1. The van der Waals surface area contributed by atoms with E-state index in [0.29, 0.717) is 6.42 Å². The summed E-state index contributed by atoms with van der Waals surface area (Å²) in [6.45, 7) is 3.36. The fraction of sp³-hybridized carbons (Fsp3) is 0.526. The third kappa shape index (κ3) is 3.28. The molecule has 8 heteroatoms. The molecule has 0 radical (unpaired) electrons. The molecule has 27 heavy (non-hydrogen) atoms. The molecule has 4 amide bonds. The summed E-state index contributed by atoms with van der Waals surface area (Å²) in [5.74, 6) is -2.99. The van der Waals surface area contributed by atoms with Crippen LogP contribution in [-0.4, -0.2) is 41.4 Å². The number of halogens is 2. The number of likely N-dealkylation sites (N-methyl/N-ethyl adjacent to an activating group) is 1. The number of urea groups is 1. The van der Waals surface area contributed by atoms with Gasteiger partial charge in [0.05, 0.1) is 0 Å². The largest absolute Gasteiger partial charge is 0.325 e. The van der Waals surface area contributed by atoms with Gasteiger partial charge in [-0.25, -0.2) is 13.6 Å². The quantitative estimate of drug-likeness (QED) is 0.818. The summed E-state index contributed by atoms with van der Waals surface area (Å²) >= 11 is 0. The average Bonchev–Trinajstić information content (AvgIpc) is 2.86. The summed E-state index contributed by atoms with van der Waals surface area (Å²) in [4.78, 5) is 40.2. The van der Waals surface area contributed by atoms with Crippen LogP contribution in [0.25, 0.3) is 0 Å². The Morgan fingerprint density at radius 2 is 2.04 bits per heavy atom. The van der Waals surface area contributed by atoms with Crippen LogP contribution in [0, 0.1) is 17.6 Å². The average molecular weight is 379 g/mol. The van der Waals surface area contributed by atoms with E-state index in [2.05, 4.69) is 5.32 Å². The predicted molar refractivity (Wildman–Crippen MR) is 95.0 cm³/mol. The summed E-state index contributed by atoms with van der Waals surface area (Å²) < 4.78 is 26.7. The highest BCUT2D eigenvalue weighted by Gasteiger charge is 2.55. The molecule has 1 aromatic rings. The zero-order valence-electron chi connectivity index (χ0n) is 15.4. The first-order chi connectivity index (χ1) is 12.8. The van der Waals surface area contributed by atoms with Gasteiger partial charge in [-0.15, -0.1) is 0 Å². The molecule has 1 aliphatic heterocycles. The van der Waals surface area contributed by atoms with Crippen LogP contribution < -0.4 is 10.2 Å². The summed E-state index contributed by atoms with van der Waals surface area (Å²) in [6.07, 6.45) is 3.24. The summed E-state index contributed by atoms with van der Waals surface area (Å²) in [7, 11) is 0. The van der Waals surface area contributed by atoms with E-state index < -0.39 is 35.7 Å². The lowest BCUT2D eigenvalue weighted by Gasteiger charge is -2.36. The normalized spacial score (nSPS) is 25.0. The molecule has 2 atom stereocenters. The lowest BCUT2D eigenvalue weighted by molar-refractivity contribution is -0.136. The molecule has 1 spiro atoms. The van der Waals surface area contributed by atoms with Crippen molar-refractivity contribution in [1.82, 2.24) is 10.2 Å². The lowest BCUT2D eigenvalue weighted by Crippen LogP contribution is -2.54. The van der Waals surface area contributed by atoms with Crippen LogP contribution in [0.4, 0.5) is 19.3 Å². The minimum Gasteiger partial charge on any atom is -0.323 e. The molecular formula is C19H23F2N3O3. The number of nitrogens with zero attached hydrogens (tertiary/aromatic N) is 2. The Hall–Kier alpha value is -2.51. The van der Waals surface area contributed by atoms with Crippen molar-refractivity contribution in [2.75, 3.05) is 18.0 Å². The molecule has 146 valence electrons. The molecule has 1 N–H and O–H groups in total. The Morgan fingerprint density at radius 3 is 2.67 bits per heavy atom. The number of rotatable bonds is 4.